The van der Waals surface area contributed by atoms with Gasteiger partial charge in [-0.3, -0.25) is 10.1 Å². The standard InChI is InChI=1S/C20H28N4O5/c1-11(2)17(18(25)23-20(22)27)29-19(26)16(9-21)8-15-7-12(3)24(14(15)5)13(4)10-28-6/h7-8,11,13,17H,10H2,1-6H3,(H3,22,23,25,27)/b16-8+/t13-,17+/m1/s1. The second-order valence-electron chi connectivity index (χ2n) is 7.09. The molecule has 0 saturated heterocycles. The number of esters is 1. The van der Waals surface area contributed by atoms with Gasteiger partial charge in [-0.15, -0.1) is 0 Å². The number of primary amides is 1. The summed E-state index contributed by atoms with van der Waals surface area (Å²) in [6.07, 6.45) is 0.158. The van der Waals surface area contributed by atoms with Crippen LogP contribution in [0.5, 0.6) is 0 Å². The molecule has 1 heterocycles. The first kappa shape index (κ1) is 23.9. The van der Waals surface area contributed by atoms with Crippen LogP contribution in [-0.2, 0) is 19.1 Å². The molecule has 158 valence electrons. The van der Waals surface area contributed by atoms with Gasteiger partial charge in [0.25, 0.3) is 5.91 Å². The highest BCUT2D eigenvalue weighted by molar-refractivity contribution is 6.01. The van der Waals surface area contributed by atoms with E-state index in [1.807, 2.05) is 42.8 Å². The number of hydrogen-bond acceptors (Lipinski definition) is 6. The third-order valence-corrected chi connectivity index (χ3v) is 4.36. The Morgan fingerprint density at radius 3 is 2.41 bits per heavy atom. The van der Waals surface area contributed by atoms with Gasteiger partial charge in [-0.25, -0.2) is 9.59 Å². The lowest BCUT2D eigenvalue weighted by molar-refractivity contribution is -0.154. The Balaban J connectivity index is 3.16. The minimum Gasteiger partial charge on any atom is -0.448 e. The number of rotatable bonds is 8. The van der Waals surface area contributed by atoms with Crippen LogP contribution in [0, 0.1) is 31.1 Å². The lowest BCUT2D eigenvalue weighted by Gasteiger charge is -2.19. The number of ether oxygens (including phenoxy) is 2. The van der Waals surface area contributed by atoms with Crippen LogP contribution in [0.3, 0.4) is 0 Å². The van der Waals surface area contributed by atoms with E-state index in [1.165, 1.54) is 6.08 Å². The van der Waals surface area contributed by atoms with Crippen LogP contribution in [0.4, 0.5) is 4.79 Å². The predicted molar refractivity (Wildman–Crippen MR) is 107 cm³/mol. The summed E-state index contributed by atoms with van der Waals surface area (Å²) >= 11 is 0. The molecule has 0 fully saturated rings. The number of carbonyl (C=O) groups excluding carboxylic acids is 3. The van der Waals surface area contributed by atoms with Gasteiger partial charge in [0.2, 0.25) is 0 Å². The molecule has 0 saturated carbocycles. The topological polar surface area (TPSA) is 136 Å². The fraction of sp³-hybridized carbons (Fsp3) is 0.500. The first-order chi connectivity index (χ1) is 13.5. The minimum absolute atomic E-state index is 0.0717. The molecule has 0 spiro atoms. The molecule has 0 aliphatic heterocycles. The number of carbonyl (C=O) groups is 3. The third kappa shape index (κ3) is 6.19. The van der Waals surface area contributed by atoms with Gasteiger partial charge >= 0.3 is 12.0 Å². The zero-order valence-corrected chi connectivity index (χ0v) is 17.6. The maximum absolute atomic E-state index is 12.5. The van der Waals surface area contributed by atoms with Gasteiger partial charge in [0, 0.05) is 18.5 Å². The summed E-state index contributed by atoms with van der Waals surface area (Å²) < 4.78 is 12.4. The molecule has 3 N–H and O–H groups in total. The van der Waals surface area contributed by atoms with E-state index in [1.54, 1.807) is 21.0 Å². The molecule has 0 radical (unpaired) electrons. The maximum Gasteiger partial charge on any atom is 0.349 e. The number of aryl methyl sites for hydroxylation is 1. The Kier molecular flexibility index (Phi) is 8.60. The molecule has 9 heteroatoms. The van der Waals surface area contributed by atoms with Gasteiger partial charge in [0.15, 0.2) is 6.10 Å². The average Bonchev–Trinajstić information content (AvgIpc) is 2.89. The number of nitriles is 1. The van der Waals surface area contributed by atoms with Crippen molar-refractivity contribution < 1.29 is 23.9 Å². The average molecular weight is 404 g/mol. The summed E-state index contributed by atoms with van der Waals surface area (Å²) in [5, 5.41) is 11.3. The fourth-order valence-corrected chi connectivity index (χ4v) is 3.10. The number of hydrogen-bond donors (Lipinski definition) is 2. The van der Waals surface area contributed by atoms with E-state index in [2.05, 4.69) is 0 Å². The van der Waals surface area contributed by atoms with Crippen molar-refractivity contribution in [3.8, 4) is 6.07 Å². The van der Waals surface area contributed by atoms with Gasteiger partial charge < -0.3 is 19.8 Å². The number of nitrogens with two attached hydrogens (primary N) is 1. The summed E-state index contributed by atoms with van der Waals surface area (Å²) in [5.41, 5.74) is 7.17. The summed E-state index contributed by atoms with van der Waals surface area (Å²) in [4.78, 5) is 35.4. The molecule has 9 nitrogen and oxygen atoms in total. The smallest absolute Gasteiger partial charge is 0.349 e. The van der Waals surface area contributed by atoms with E-state index in [-0.39, 0.29) is 11.6 Å². The van der Waals surface area contributed by atoms with Gasteiger partial charge in [0.05, 0.1) is 12.6 Å². The van der Waals surface area contributed by atoms with Gasteiger partial charge in [-0.1, -0.05) is 13.8 Å². The second kappa shape index (κ2) is 10.4. The van der Waals surface area contributed by atoms with Crippen LogP contribution in [-0.4, -0.2) is 42.3 Å². The SMILES string of the molecule is COC[C@@H](C)n1c(C)cc(/C=C(\C#N)C(=O)O[C@H](C(=O)NC(N)=O)C(C)C)c1C. The number of amides is 3. The van der Waals surface area contributed by atoms with E-state index >= 15 is 0 Å². The van der Waals surface area contributed by atoms with Crippen molar-refractivity contribution in [2.75, 3.05) is 13.7 Å². The first-order valence-electron chi connectivity index (χ1n) is 9.13. The second-order valence-corrected chi connectivity index (χ2v) is 7.09. The van der Waals surface area contributed by atoms with Crippen molar-refractivity contribution in [2.24, 2.45) is 11.7 Å². The van der Waals surface area contributed by atoms with Gasteiger partial charge in [-0.05, 0) is 44.4 Å². The highest BCUT2D eigenvalue weighted by atomic mass is 16.5. The third-order valence-electron chi connectivity index (χ3n) is 4.36. The molecular weight excluding hydrogens is 376 g/mol. The van der Waals surface area contributed by atoms with Gasteiger partial charge in [0.1, 0.15) is 11.6 Å². The van der Waals surface area contributed by atoms with E-state index in [0.29, 0.717) is 12.2 Å². The Bertz CT molecular complexity index is 848. The summed E-state index contributed by atoms with van der Waals surface area (Å²) in [6.45, 7) is 9.59. The lowest BCUT2D eigenvalue weighted by atomic mass is 10.1. The monoisotopic (exact) mass is 404 g/mol. The Morgan fingerprint density at radius 1 is 1.31 bits per heavy atom. The summed E-state index contributed by atoms with van der Waals surface area (Å²) in [5.74, 6) is -2.23. The lowest BCUT2D eigenvalue weighted by Crippen LogP contribution is -2.45. The minimum atomic E-state index is -1.26. The quantitative estimate of drug-likeness (QED) is 0.386. The molecule has 1 rings (SSSR count). The normalized spacial score (nSPS) is 13.5. The highest BCUT2D eigenvalue weighted by Gasteiger charge is 2.29. The number of urea groups is 1. The molecule has 0 unspecified atom stereocenters. The van der Waals surface area contributed by atoms with Crippen LogP contribution in [0.25, 0.3) is 6.08 Å². The van der Waals surface area contributed by atoms with E-state index in [4.69, 9.17) is 15.2 Å². The molecule has 0 bridgehead atoms. The van der Waals surface area contributed by atoms with Crippen LogP contribution in [0.15, 0.2) is 11.6 Å². The van der Waals surface area contributed by atoms with Crippen LogP contribution in [0.2, 0.25) is 0 Å². The number of nitrogens with one attached hydrogen (secondary N) is 1. The van der Waals surface area contributed by atoms with Crippen molar-refractivity contribution in [2.45, 2.75) is 46.8 Å². The van der Waals surface area contributed by atoms with Crippen LogP contribution in [0.1, 0.15) is 43.8 Å². The largest absolute Gasteiger partial charge is 0.448 e. The number of nitrogens with zero attached hydrogens (tertiary/aromatic N) is 2. The van der Waals surface area contributed by atoms with Crippen LogP contribution < -0.4 is 11.1 Å². The molecule has 0 aliphatic rings. The molecule has 0 aromatic carbocycles. The van der Waals surface area contributed by atoms with E-state index in [9.17, 15) is 19.6 Å². The molecule has 1 aromatic heterocycles. The molecule has 1 aromatic rings. The Hall–Kier alpha value is -3.12. The van der Waals surface area contributed by atoms with Crippen LogP contribution >= 0.6 is 0 Å². The Morgan fingerprint density at radius 2 is 1.93 bits per heavy atom. The fourth-order valence-electron chi connectivity index (χ4n) is 3.10. The number of aromatic nitrogens is 1. The van der Waals surface area contributed by atoms with E-state index < -0.39 is 29.9 Å². The van der Waals surface area contributed by atoms with Gasteiger partial charge in [-0.2, -0.15) is 5.26 Å². The van der Waals surface area contributed by atoms with Crippen molar-refractivity contribution in [3.05, 3.63) is 28.6 Å². The molecule has 0 aliphatic carbocycles. The first-order valence-corrected chi connectivity index (χ1v) is 9.13. The predicted octanol–water partition coefficient (Wildman–Crippen LogP) is 1.98. The van der Waals surface area contributed by atoms with Crippen molar-refractivity contribution in [3.63, 3.8) is 0 Å². The van der Waals surface area contributed by atoms with Crippen molar-refractivity contribution >= 4 is 24.0 Å². The Labute approximate surface area is 170 Å². The highest BCUT2D eigenvalue weighted by Crippen LogP contribution is 2.23. The zero-order chi connectivity index (χ0) is 22.3. The molecular formula is C20H28N4O5. The molecule has 29 heavy (non-hydrogen) atoms. The summed E-state index contributed by atoms with van der Waals surface area (Å²) in [6, 6.07) is 2.69. The molecule has 3 amide bonds. The van der Waals surface area contributed by atoms with Crippen molar-refractivity contribution in [1.82, 2.24) is 9.88 Å². The summed E-state index contributed by atoms with van der Waals surface area (Å²) in [7, 11) is 1.62. The molecule has 2 atom stereocenters. The zero-order valence-electron chi connectivity index (χ0n) is 17.6. The van der Waals surface area contributed by atoms with Crippen molar-refractivity contribution in [1.29, 1.82) is 5.26 Å². The number of imide groups is 1. The number of methoxy groups -OCH3 is 1. The van der Waals surface area contributed by atoms with E-state index in [0.717, 1.165) is 11.4 Å². The maximum atomic E-state index is 12.5.